The van der Waals surface area contributed by atoms with E-state index in [1.54, 1.807) is 25.1 Å². The molecule has 2 aromatic rings. The number of carbonyl (C=O) groups excluding carboxylic acids is 2. The fourth-order valence-corrected chi connectivity index (χ4v) is 4.21. The molecule has 0 fully saturated rings. The standard InChI is InChI=1S/C19H22N2O5S/c1-4-26-18(23)11-8-9-12-15(10-11)27-19(20-12)21-17(22)16-13(24-2)6-5-7-14(16)25-3/h5-7,11H,4,8-10H2,1-3H3,(H,20,21,22). The van der Waals surface area contributed by atoms with Gasteiger partial charge in [0.25, 0.3) is 5.91 Å². The molecule has 7 nitrogen and oxygen atoms in total. The summed E-state index contributed by atoms with van der Waals surface area (Å²) in [7, 11) is 3.01. The van der Waals surface area contributed by atoms with Gasteiger partial charge in [-0.2, -0.15) is 0 Å². The van der Waals surface area contributed by atoms with Gasteiger partial charge in [0.15, 0.2) is 5.13 Å². The number of esters is 1. The van der Waals surface area contributed by atoms with Crippen LogP contribution in [0.4, 0.5) is 5.13 Å². The first-order valence-electron chi connectivity index (χ1n) is 8.74. The molecular formula is C19H22N2O5S. The molecule has 1 aromatic heterocycles. The van der Waals surface area contributed by atoms with Crippen LogP contribution < -0.4 is 14.8 Å². The quantitative estimate of drug-likeness (QED) is 0.763. The van der Waals surface area contributed by atoms with Crippen molar-refractivity contribution >= 4 is 28.3 Å². The largest absolute Gasteiger partial charge is 0.496 e. The molecule has 1 aromatic carbocycles. The Morgan fingerprint density at radius 3 is 2.59 bits per heavy atom. The van der Waals surface area contributed by atoms with Crippen molar-refractivity contribution in [3.63, 3.8) is 0 Å². The highest BCUT2D eigenvalue weighted by atomic mass is 32.1. The van der Waals surface area contributed by atoms with Crippen LogP contribution in [0.2, 0.25) is 0 Å². The van der Waals surface area contributed by atoms with E-state index < -0.39 is 0 Å². The fourth-order valence-electron chi connectivity index (χ4n) is 3.12. The molecule has 144 valence electrons. The van der Waals surface area contributed by atoms with E-state index >= 15 is 0 Å². The van der Waals surface area contributed by atoms with Gasteiger partial charge in [-0.05, 0) is 38.3 Å². The van der Waals surface area contributed by atoms with E-state index in [9.17, 15) is 9.59 Å². The maximum Gasteiger partial charge on any atom is 0.309 e. The predicted octanol–water partition coefficient (Wildman–Crippen LogP) is 3.08. The zero-order valence-electron chi connectivity index (χ0n) is 15.5. The van der Waals surface area contributed by atoms with Gasteiger partial charge in [0.1, 0.15) is 17.1 Å². The summed E-state index contributed by atoms with van der Waals surface area (Å²) >= 11 is 1.39. The summed E-state index contributed by atoms with van der Waals surface area (Å²) in [6.45, 7) is 2.19. The van der Waals surface area contributed by atoms with Gasteiger partial charge in [-0.1, -0.05) is 6.07 Å². The number of nitrogens with zero attached hydrogens (tertiary/aromatic N) is 1. The summed E-state index contributed by atoms with van der Waals surface area (Å²) < 4.78 is 15.7. The van der Waals surface area contributed by atoms with Crippen molar-refractivity contribution in [2.45, 2.75) is 26.2 Å². The highest BCUT2D eigenvalue weighted by Gasteiger charge is 2.29. The number of aromatic nitrogens is 1. The highest BCUT2D eigenvalue weighted by molar-refractivity contribution is 7.15. The summed E-state index contributed by atoms with van der Waals surface area (Å²) in [6.07, 6.45) is 2.01. The van der Waals surface area contributed by atoms with Gasteiger partial charge in [-0.3, -0.25) is 14.9 Å². The number of hydrogen-bond acceptors (Lipinski definition) is 7. The minimum absolute atomic E-state index is 0.143. The number of ether oxygens (including phenoxy) is 3. The van der Waals surface area contributed by atoms with Gasteiger partial charge in [0.05, 0.1) is 32.4 Å². The SMILES string of the molecule is CCOC(=O)C1CCc2nc(NC(=O)c3c(OC)cccc3OC)sc2C1. The number of thiazole rings is 1. The number of carbonyl (C=O) groups is 2. The van der Waals surface area contributed by atoms with E-state index in [0.717, 1.165) is 10.6 Å². The molecule has 0 radical (unpaired) electrons. The van der Waals surface area contributed by atoms with Crippen LogP contribution in [-0.2, 0) is 22.4 Å². The maximum atomic E-state index is 12.8. The summed E-state index contributed by atoms with van der Waals surface area (Å²) in [5.41, 5.74) is 1.25. The second-order valence-corrected chi connectivity index (χ2v) is 7.16. The predicted molar refractivity (Wildman–Crippen MR) is 102 cm³/mol. The number of fused-ring (bicyclic) bond motifs is 1. The summed E-state index contributed by atoms with van der Waals surface area (Å²) in [6, 6.07) is 5.16. The molecule has 1 aliphatic carbocycles. The molecule has 0 saturated carbocycles. The molecule has 1 amide bonds. The number of nitrogens with one attached hydrogen (secondary N) is 1. The molecule has 0 saturated heterocycles. The topological polar surface area (TPSA) is 86.8 Å². The lowest BCUT2D eigenvalue weighted by molar-refractivity contribution is -0.148. The minimum Gasteiger partial charge on any atom is -0.496 e. The molecule has 0 spiro atoms. The molecule has 0 aliphatic heterocycles. The van der Waals surface area contributed by atoms with E-state index in [1.165, 1.54) is 25.6 Å². The van der Waals surface area contributed by atoms with Crippen molar-refractivity contribution in [3.8, 4) is 11.5 Å². The molecule has 1 heterocycles. The minimum atomic E-state index is -0.350. The number of amides is 1. The lowest BCUT2D eigenvalue weighted by Gasteiger charge is -2.18. The Morgan fingerprint density at radius 1 is 1.26 bits per heavy atom. The van der Waals surface area contributed by atoms with Gasteiger partial charge in [0.2, 0.25) is 0 Å². The van der Waals surface area contributed by atoms with Crippen LogP contribution in [-0.4, -0.2) is 37.7 Å². The van der Waals surface area contributed by atoms with E-state index in [4.69, 9.17) is 14.2 Å². The van der Waals surface area contributed by atoms with Crippen molar-refractivity contribution < 1.29 is 23.8 Å². The van der Waals surface area contributed by atoms with E-state index in [1.807, 2.05) is 0 Å². The third-order valence-corrected chi connectivity index (χ3v) is 5.47. The van der Waals surface area contributed by atoms with Gasteiger partial charge in [-0.15, -0.1) is 11.3 Å². The lowest BCUT2D eigenvalue weighted by Crippen LogP contribution is -2.24. The summed E-state index contributed by atoms with van der Waals surface area (Å²) in [4.78, 5) is 30.3. The average Bonchev–Trinajstić information content (AvgIpc) is 3.08. The average molecular weight is 390 g/mol. The van der Waals surface area contributed by atoms with Gasteiger partial charge in [0, 0.05) is 4.88 Å². The molecule has 1 aliphatic rings. The number of methoxy groups -OCH3 is 2. The van der Waals surface area contributed by atoms with Gasteiger partial charge in [-0.25, -0.2) is 4.98 Å². The number of hydrogen-bond donors (Lipinski definition) is 1. The third kappa shape index (κ3) is 4.05. The summed E-state index contributed by atoms with van der Waals surface area (Å²) in [5.74, 6) is 0.195. The van der Waals surface area contributed by atoms with Crippen LogP contribution >= 0.6 is 11.3 Å². The molecule has 0 bridgehead atoms. The number of rotatable bonds is 6. The number of anilines is 1. The second kappa shape index (κ2) is 8.39. The Labute approximate surface area is 161 Å². The molecule has 27 heavy (non-hydrogen) atoms. The van der Waals surface area contributed by atoms with Crippen LogP contribution in [0.25, 0.3) is 0 Å². The zero-order chi connectivity index (χ0) is 19.4. The Balaban J connectivity index is 1.77. The number of benzene rings is 1. The normalized spacial score (nSPS) is 15.6. The van der Waals surface area contributed by atoms with Crippen LogP contribution in [0.3, 0.4) is 0 Å². The van der Waals surface area contributed by atoms with Crippen LogP contribution in [0, 0.1) is 5.92 Å². The van der Waals surface area contributed by atoms with Crippen molar-refractivity contribution in [1.29, 1.82) is 0 Å². The zero-order valence-corrected chi connectivity index (χ0v) is 16.4. The third-order valence-electron chi connectivity index (χ3n) is 4.43. The second-order valence-electron chi connectivity index (χ2n) is 6.07. The van der Waals surface area contributed by atoms with E-state index in [2.05, 4.69) is 10.3 Å². The van der Waals surface area contributed by atoms with Crippen molar-refractivity contribution in [2.75, 3.05) is 26.1 Å². The molecule has 8 heteroatoms. The molecule has 3 rings (SSSR count). The Hall–Kier alpha value is -2.61. The van der Waals surface area contributed by atoms with E-state index in [-0.39, 0.29) is 17.8 Å². The van der Waals surface area contributed by atoms with Crippen LogP contribution in [0.1, 0.15) is 34.3 Å². The van der Waals surface area contributed by atoms with Crippen molar-refractivity contribution in [3.05, 3.63) is 34.3 Å². The maximum absolute atomic E-state index is 12.8. The molecular weight excluding hydrogens is 368 g/mol. The summed E-state index contributed by atoms with van der Waals surface area (Å²) in [5, 5.41) is 3.33. The Morgan fingerprint density at radius 2 is 1.96 bits per heavy atom. The Bertz CT molecular complexity index is 826. The fraction of sp³-hybridized carbons (Fsp3) is 0.421. The van der Waals surface area contributed by atoms with Crippen molar-refractivity contribution in [1.82, 2.24) is 4.98 Å². The first-order chi connectivity index (χ1) is 13.1. The highest BCUT2D eigenvalue weighted by Crippen LogP contribution is 2.34. The van der Waals surface area contributed by atoms with Crippen LogP contribution in [0.15, 0.2) is 18.2 Å². The monoisotopic (exact) mass is 390 g/mol. The molecule has 1 N–H and O–H groups in total. The first-order valence-corrected chi connectivity index (χ1v) is 9.56. The Kier molecular flexibility index (Phi) is 5.95. The molecule has 1 atom stereocenters. The van der Waals surface area contributed by atoms with Gasteiger partial charge >= 0.3 is 5.97 Å². The lowest BCUT2D eigenvalue weighted by atomic mass is 9.91. The van der Waals surface area contributed by atoms with Gasteiger partial charge < -0.3 is 14.2 Å². The molecule has 1 unspecified atom stereocenters. The number of aryl methyl sites for hydroxylation is 1. The van der Waals surface area contributed by atoms with Crippen LogP contribution in [0.5, 0.6) is 11.5 Å². The van der Waals surface area contributed by atoms with Crippen molar-refractivity contribution in [2.24, 2.45) is 5.92 Å². The van der Waals surface area contributed by atoms with E-state index in [0.29, 0.717) is 48.1 Å². The smallest absolute Gasteiger partial charge is 0.309 e. The first kappa shape index (κ1) is 19.2.